The van der Waals surface area contributed by atoms with Gasteiger partial charge in [-0.3, -0.25) is 19.3 Å². The smallest absolute Gasteiger partial charge is 0.246 e. The Kier molecular flexibility index (Phi) is 7.46. The third-order valence-electron chi connectivity index (χ3n) is 4.89. The van der Waals surface area contributed by atoms with Gasteiger partial charge in [-0.15, -0.1) is 0 Å². The number of likely N-dealkylation sites (N-methyl/N-ethyl adjacent to an activating group) is 1. The average molecular weight is 431 g/mol. The predicted octanol–water partition coefficient (Wildman–Crippen LogP) is 3.84. The maximum atomic E-state index is 13.2. The Hall–Kier alpha value is -3.84. The number of hydrogen-bond donors (Lipinski definition) is 2. The molecule has 0 bridgehead atoms. The molecule has 1 aromatic heterocycles. The average Bonchev–Trinajstić information content (AvgIpc) is 2.74. The van der Waals surface area contributed by atoms with Gasteiger partial charge in [0.1, 0.15) is 11.9 Å². The van der Waals surface area contributed by atoms with Crippen molar-refractivity contribution in [2.45, 2.75) is 19.9 Å². The fourth-order valence-electron chi connectivity index (χ4n) is 3.38. The molecule has 0 radical (unpaired) electrons. The molecule has 0 aliphatic carbocycles. The molecule has 0 saturated carbocycles. The molecule has 0 aliphatic rings. The number of carbonyl (C=O) groups excluding carboxylic acids is 3. The van der Waals surface area contributed by atoms with Crippen molar-refractivity contribution in [1.82, 2.24) is 9.88 Å². The van der Waals surface area contributed by atoms with E-state index in [9.17, 15) is 14.4 Å². The summed E-state index contributed by atoms with van der Waals surface area (Å²) in [5, 5.41) is 5.64. The van der Waals surface area contributed by atoms with Crippen molar-refractivity contribution >= 4 is 29.1 Å². The predicted molar refractivity (Wildman–Crippen MR) is 124 cm³/mol. The highest BCUT2D eigenvalue weighted by Gasteiger charge is 2.27. The molecule has 164 valence electrons. The van der Waals surface area contributed by atoms with Crippen LogP contribution in [-0.2, 0) is 9.59 Å². The topological polar surface area (TPSA) is 91.4 Å². The van der Waals surface area contributed by atoms with Crippen molar-refractivity contribution in [1.29, 1.82) is 0 Å². The number of nitrogens with zero attached hydrogens (tertiary/aromatic N) is 2. The zero-order chi connectivity index (χ0) is 23.1. The molecule has 2 aromatic carbocycles. The zero-order valence-corrected chi connectivity index (χ0v) is 18.3. The van der Waals surface area contributed by atoms with Gasteiger partial charge in [0.25, 0.3) is 0 Å². The van der Waals surface area contributed by atoms with E-state index in [1.165, 1.54) is 6.92 Å². The molecule has 3 rings (SSSR count). The van der Waals surface area contributed by atoms with Gasteiger partial charge in [0, 0.05) is 16.9 Å². The molecule has 3 aromatic rings. The van der Waals surface area contributed by atoms with Crippen LogP contribution in [0.2, 0.25) is 0 Å². The standard InChI is InChI=1S/C25H26N4O3/c1-17-9-7-14-22(26-17)28-23(31)16-29(3)24(19-10-5-4-6-11-19)25(32)27-21-13-8-12-20(15-21)18(2)30/h4-15,24H,16H2,1-3H3,(H,27,32)(H,26,28,31). The number of ketones is 1. The molecular formula is C25H26N4O3. The van der Waals surface area contributed by atoms with E-state index in [0.29, 0.717) is 17.1 Å². The van der Waals surface area contributed by atoms with Crippen LogP contribution in [0.4, 0.5) is 11.5 Å². The number of aromatic nitrogens is 1. The number of rotatable bonds is 8. The molecule has 1 heterocycles. The minimum absolute atomic E-state index is 0.0178. The normalized spacial score (nSPS) is 11.6. The molecule has 0 fully saturated rings. The van der Waals surface area contributed by atoms with Crippen LogP contribution in [0, 0.1) is 6.92 Å². The summed E-state index contributed by atoms with van der Waals surface area (Å²) in [7, 11) is 1.71. The van der Waals surface area contributed by atoms with Crippen LogP contribution in [0.5, 0.6) is 0 Å². The Morgan fingerprint density at radius 2 is 1.66 bits per heavy atom. The number of Topliss-reactive ketones (excluding diaryl/α,β-unsaturated/α-hetero) is 1. The van der Waals surface area contributed by atoms with E-state index in [4.69, 9.17) is 0 Å². The van der Waals surface area contributed by atoms with Crippen molar-refractivity contribution in [2.24, 2.45) is 0 Å². The molecule has 0 aliphatic heterocycles. The van der Waals surface area contributed by atoms with Crippen molar-refractivity contribution in [3.05, 3.63) is 89.6 Å². The number of pyridine rings is 1. The van der Waals surface area contributed by atoms with E-state index in [1.54, 1.807) is 42.3 Å². The van der Waals surface area contributed by atoms with Gasteiger partial charge in [-0.2, -0.15) is 0 Å². The second-order valence-electron chi connectivity index (χ2n) is 7.57. The van der Waals surface area contributed by atoms with E-state index >= 15 is 0 Å². The lowest BCUT2D eigenvalue weighted by Gasteiger charge is -2.27. The Balaban J connectivity index is 1.78. The number of benzene rings is 2. The van der Waals surface area contributed by atoms with Crippen molar-refractivity contribution in [3.63, 3.8) is 0 Å². The summed E-state index contributed by atoms with van der Waals surface area (Å²) >= 11 is 0. The molecule has 32 heavy (non-hydrogen) atoms. The fraction of sp³-hybridized carbons (Fsp3) is 0.200. The number of hydrogen-bond acceptors (Lipinski definition) is 5. The number of carbonyl (C=O) groups is 3. The van der Waals surface area contributed by atoms with Crippen LogP contribution >= 0.6 is 0 Å². The lowest BCUT2D eigenvalue weighted by atomic mass is 10.0. The first-order valence-corrected chi connectivity index (χ1v) is 10.2. The van der Waals surface area contributed by atoms with Gasteiger partial charge in [0.05, 0.1) is 6.54 Å². The zero-order valence-electron chi connectivity index (χ0n) is 18.3. The number of aryl methyl sites for hydroxylation is 1. The summed E-state index contributed by atoms with van der Waals surface area (Å²) in [6.45, 7) is 3.30. The molecule has 7 heteroatoms. The highest BCUT2D eigenvalue weighted by molar-refractivity contribution is 5.99. The maximum Gasteiger partial charge on any atom is 0.246 e. The van der Waals surface area contributed by atoms with Gasteiger partial charge in [-0.1, -0.05) is 48.5 Å². The minimum Gasteiger partial charge on any atom is -0.324 e. The quantitative estimate of drug-likeness (QED) is 0.530. The molecular weight excluding hydrogens is 404 g/mol. The summed E-state index contributed by atoms with van der Waals surface area (Å²) < 4.78 is 0. The van der Waals surface area contributed by atoms with E-state index in [-0.39, 0.29) is 24.1 Å². The third kappa shape index (κ3) is 6.09. The van der Waals surface area contributed by atoms with Crippen LogP contribution in [0.15, 0.2) is 72.8 Å². The van der Waals surface area contributed by atoms with Crippen LogP contribution < -0.4 is 10.6 Å². The maximum absolute atomic E-state index is 13.2. The fourth-order valence-corrected chi connectivity index (χ4v) is 3.38. The van der Waals surface area contributed by atoms with Crippen molar-refractivity contribution in [3.8, 4) is 0 Å². The lowest BCUT2D eigenvalue weighted by molar-refractivity contribution is -0.123. The lowest BCUT2D eigenvalue weighted by Crippen LogP contribution is -2.39. The molecule has 1 unspecified atom stereocenters. The summed E-state index contributed by atoms with van der Waals surface area (Å²) in [5.41, 5.74) is 2.57. The molecule has 2 amide bonds. The van der Waals surface area contributed by atoms with Gasteiger partial charge in [0.15, 0.2) is 5.78 Å². The molecule has 2 N–H and O–H groups in total. The van der Waals surface area contributed by atoms with E-state index in [1.807, 2.05) is 49.4 Å². The molecule has 7 nitrogen and oxygen atoms in total. The monoisotopic (exact) mass is 430 g/mol. The van der Waals surface area contributed by atoms with Crippen molar-refractivity contribution < 1.29 is 14.4 Å². The summed E-state index contributed by atoms with van der Waals surface area (Å²) in [4.78, 5) is 43.5. The highest BCUT2D eigenvalue weighted by Crippen LogP contribution is 2.22. The first kappa shape index (κ1) is 22.8. The van der Waals surface area contributed by atoms with Gasteiger partial charge in [0.2, 0.25) is 11.8 Å². The highest BCUT2D eigenvalue weighted by atomic mass is 16.2. The molecule has 0 saturated heterocycles. The summed E-state index contributed by atoms with van der Waals surface area (Å²) in [6.07, 6.45) is 0. The largest absolute Gasteiger partial charge is 0.324 e. The Morgan fingerprint density at radius 1 is 0.938 bits per heavy atom. The van der Waals surface area contributed by atoms with Gasteiger partial charge < -0.3 is 10.6 Å². The van der Waals surface area contributed by atoms with E-state index in [2.05, 4.69) is 15.6 Å². The summed E-state index contributed by atoms with van der Waals surface area (Å²) in [5.74, 6) is -0.205. The van der Waals surface area contributed by atoms with Gasteiger partial charge >= 0.3 is 0 Å². The number of amides is 2. The molecule has 1 atom stereocenters. The third-order valence-corrected chi connectivity index (χ3v) is 4.89. The first-order valence-electron chi connectivity index (χ1n) is 10.2. The minimum atomic E-state index is -0.714. The SMILES string of the molecule is CC(=O)c1cccc(NC(=O)C(c2ccccc2)N(C)CC(=O)Nc2cccc(C)n2)c1. The number of anilines is 2. The van der Waals surface area contributed by atoms with Crippen LogP contribution in [0.1, 0.15) is 34.6 Å². The van der Waals surface area contributed by atoms with E-state index in [0.717, 1.165) is 11.3 Å². The second kappa shape index (κ2) is 10.5. The van der Waals surface area contributed by atoms with Gasteiger partial charge in [-0.05, 0) is 50.7 Å². The van der Waals surface area contributed by atoms with Crippen molar-refractivity contribution in [2.75, 3.05) is 24.2 Å². The van der Waals surface area contributed by atoms with Crippen LogP contribution in [-0.4, -0.2) is 41.1 Å². The first-order chi connectivity index (χ1) is 15.3. The second-order valence-corrected chi connectivity index (χ2v) is 7.57. The molecule has 0 spiro atoms. The van der Waals surface area contributed by atoms with Crippen LogP contribution in [0.25, 0.3) is 0 Å². The Labute approximate surface area is 187 Å². The number of nitrogens with one attached hydrogen (secondary N) is 2. The summed E-state index contributed by atoms with van der Waals surface area (Å²) in [6, 6.07) is 20.7. The Morgan fingerprint density at radius 3 is 2.34 bits per heavy atom. The Bertz CT molecular complexity index is 1110. The van der Waals surface area contributed by atoms with Gasteiger partial charge in [-0.25, -0.2) is 4.98 Å². The van der Waals surface area contributed by atoms with Crippen LogP contribution in [0.3, 0.4) is 0 Å². The van der Waals surface area contributed by atoms with E-state index < -0.39 is 6.04 Å².